The lowest BCUT2D eigenvalue weighted by Gasteiger charge is -2.07. The molecule has 0 saturated heterocycles. The first-order valence-electron chi connectivity index (χ1n) is 5.95. The Labute approximate surface area is 131 Å². The van der Waals surface area contributed by atoms with E-state index in [2.05, 4.69) is 10.3 Å². The van der Waals surface area contributed by atoms with Gasteiger partial charge in [0.05, 0.1) is 5.02 Å². The molecule has 1 amide bonds. The number of halogens is 2. The van der Waals surface area contributed by atoms with E-state index in [-0.39, 0.29) is 17.2 Å². The fraction of sp³-hybridized carbons (Fsp3) is 0.0714. The van der Waals surface area contributed by atoms with Crippen molar-refractivity contribution in [1.29, 1.82) is 0 Å². The number of aromatic nitrogens is 1. The second kappa shape index (κ2) is 6.60. The van der Waals surface area contributed by atoms with Crippen molar-refractivity contribution in [3.8, 4) is 0 Å². The number of benzene rings is 1. The van der Waals surface area contributed by atoms with Gasteiger partial charge in [-0.25, -0.2) is 9.37 Å². The summed E-state index contributed by atoms with van der Waals surface area (Å²) in [5.41, 5.74) is 6.40. The molecule has 3 N–H and O–H groups in total. The Bertz CT molecular complexity index is 691. The predicted octanol–water partition coefficient (Wildman–Crippen LogP) is 2.44. The zero-order chi connectivity index (χ0) is 15.4. The standard InChI is InChI=1S/C14H11ClFN3OS/c15-10-3-4-12(18-7-10)14(20)19-6-9-2-1-8(13(17)21)5-11(9)16/h1-5,7H,6H2,(H2,17,21)(H,19,20). The molecule has 1 aromatic carbocycles. The number of amides is 1. The van der Waals surface area contributed by atoms with Crippen LogP contribution in [0.2, 0.25) is 5.02 Å². The largest absolute Gasteiger partial charge is 0.389 e. The van der Waals surface area contributed by atoms with Crippen LogP contribution in [0.15, 0.2) is 36.5 Å². The molecule has 0 atom stereocenters. The van der Waals surface area contributed by atoms with Crippen molar-refractivity contribution in [2.45, 2.75) is 6.54 Å². The zero-order valence-electron chi connectivity index (χ0n) is 10.8. The van der Waals surface area contributed by atoms with Gasteiger partial charge >= 0.3 is 0 Å². The van der Waals surface area contributed by atoms with E-state index in [4.69, 9.17) is 29.6 Å². The molecule has 0 saturated carbocycles. The number of nitrogens with zero attached hydrogens (tertiary/aromatic N) is 1. The lowest BCUT2D eigenvalue weighted by molar-refractivity contribution is 0.0945. The number of hydrogen-bond acceptors (Lipinski definition) is 3. The Morgan fingerprint density at radius 1 is 1.38 bits per heavy atom. The number of rotatable bonds is 4. The van der Waals surface area contributed by atoms with Crippen LogP contribution in [-0.2, 0) is 6.54 Å². The van der Waals surface area contributed by atoms with Crippen molar-refractivity contribution in [1.82, 2.24) is 10.3 Å². The second-order valence-electron chi connectivity index (χ2n) is 4.21. The first kappa shape index (κ1) is 15.3. The monoisotopic (exact) mass is 323 g/mol. The summed E-state index contributed by atoms with van der Waals surface area (Å²) < 4.78 is 13.8. The van der Waals surface area contributed by atoms with Gasteiger partial charge in [0.1, 0.15) is 16.5 Å². The van der Waals surface area contributed by atoms with E-state index in [0.717, 1.165) is 0 Å². The van der Waals surface area contributed by atoms with Crippen molar-refractivity contribution in [3.63, 3.8) is 0 Å². The molecule has 2 rings (SSSR count). The Hall–Kier alpha value is -2.05. The quantitative estimate of drug-likeness (QED) is 0.848. The molecule has 0 unspecified atom stereocenters. The van der Waals surface area contributed by atoms with E-state index in [1.165, 1.54) is 24.4 Å². The SMILES string of the molecule is NC(=S)c1ccc(CNC(=O)c2ccc(Cl)cn2)c(F)c1. The summed E-state index contributed by atoms with van der Waals surface area (Å²) >= 11 is 10.5. The van der Waals surface area contributed by atoms with Crippen molar-refractivity contribution in [2.24, 2.45) is 5.73 Å². The van der Waals surface area contributed by atoms with Crippen molar-refractivity contribution < 1.29 is 9.18 Å². The second-order valence-corrected chi connectivity index (χ2v) is 5.09. The predicted molar refractivity (Wildman–Crippen MR) is 82.7 cm³/mol. The molecule has 0 fully saturated rings. The average Bonchev–Trinajstić information content (AvgIpc) is 2.46. The van der Waals surface area contributed by atoms with Crippen LogP contribution in [0.3, 0.4) is 0 Å². The average molecular weight is 324 g/mol. The molecule has 0 spiro atoms. The molecular formula is C14H11ClFN3OS. The van der Waals surface area contributed by atoms with Gasteiger partial charge in [-0.05, 0) is 18.2 Å². The summed E-state index contributed by atoms with van der Waals surface area (Å²) in [5.74, 6) is -0.894. The molecule has 0 aliphatic rings. The first-order valence-corrected chi connectivity index (χ1v) is 6.74. The van der Waals surface area contributed by atoms with Crippen LogP contribution in [0.5, 0.6) is 0 Å². The maximum atomic E-state index is 13.8. The topological polar surface area (TPSA) is 68.0 Å². The van der Waals surface area contributed by atoms with Gasteiger partial charge in [0.15, 0.2) is 0 Å². The molecular weight excluding hydrogens is 313 g/mol. The highest BCUT2D eigenvalue weighted by Crippen LogP contribution is 2.11. The third-order valence-corrected chi connectivity index (χ3v) is 3.20. The summed E-state index contributed by atoms with van der Waals surface area (Å²) in [5, 5.41) is 3.01. The van der Waals surface area contributed by atoms with E-state index in [0.29, 0.717) is 16.1 Å². The van der Waals surface area contributed by atoms with E-state index in [1.54, 1.807) is 12.1 Å². The fourth-order valence-corrected chi connectivity index (χ4v) is 1.86. The minimum Gasteiger partial charge on any atom is -0.389 e. The molecule has 0 bridgehead atoms. The number of nitrogens with one attached hydrogen (secondary N) is 1. The molecule has 21 heavy (non-hydrogen) atoms. The van der Waals surface area contributed by atoms with Crippen LogP contribution >= 0.6 is 23.8 Å². The number of carbonyl (C=O) groups is 1. The third kappa shape index (κ3) is 3.96. The Morgan fingerprint density at radius 3 is 2.71 bits per heavy atom. The number of thiocarbonyl (C=S) groups is 1. The van der Waals surface area contributed by atoms with Crippen LogP contribution in [-0.4, -0.2) is 15.9 Å². The Kier molecular flexibility index (Phi) is 4.82. The summed E-state index contributed by atoms with van der Waals surface area (Å²) in [6.45, 7) is 0.0343. The van der Waals surface area contributed by atoms with E-state index in [1.807, 2.05) is 0 Å². The van der Waals surface area contributed by atoms with E-state index >= 15 is 0 Å². The summed E-state index contributed by atoms with van der Waals surface area (Å²) in [7, 11) is 0. The molecule has 1 aromatic heterocycles. The van der Waals surface area contributed by atoms with Crippen LogP contribution in [0.1, 0.15) is 21.6 Å². The summed E-state index contributed by atoms with van der Waals surface area (Å²) in [4.78, 5) is 15.8. The lowest BCUT2D eigenvalue weighted by Crippen LogP contribution is -2.24. The van der Waals surface area contributed by atoms with Crippen LogP contribution in [0, 0.1) is 5.82 Å². The van der Waals surface area contributed by atoms with Gasteiger partial charge in [0.2, 0.25) is 0 Å². The molecule has 2 aromatic rings. The number of nitrogens with two attached hydrogens (primary N) is 1. The van der Waals surface area contributed by atoms with Crippen LogP contribution in [0.4, 0.5) is 4.39 Å². The van der Waals surface area contributed by atoms with Crippen molar-refractivity contribution in [3.05, 3.63) is 64.2 Å². The Balaban J connectivity index is 2.04. The van der Waals surface area contributed by atoms with Crippen molar-refractivity contribution >= 4 is 34.7 Å². The maximum absolute atomic E-state index is 13.8. The van der Waals surface area contributed by atoms with Gasteiger partial charge in [-0.3, -0.25) is 4.79 Å². The third-order valence-electron chi connectivity index (χ3n) is 2.74. The molecule has 4 nitrogen and oxygen atoms in total. The molecule has 0 radical (unpaired) electrons. The van der Waals surface area contributed by atoms with Gasteiger partial charge in [-0.2, -0.15) is 0 Å². The van der Waals surface area contributed by atoms with Gasteiger partial charge in [-0.15, -0.1) is 0 Å². The molecule has 108 valence electrons. The highest BCUT2D eigenvalue weighted by atomic mass is 35.5. The Morgan fingerprint density at radius 2 is 2.14 bits per heavy atom. The lowest BCUT2D eigenvalue weighted by atomic mass is 10.1. The first-order chi connectivity index (χ1) is 9.97. The van der Waals surface area contributed by atoms with Gasteiger partial charge in [-0.1, -0.05) is 36.0 Å². The summed E-state index contributed by atoms with van der Waals surface area (Å²) in [6.07, 6.45) is 1.37. The van der Waals surface area contributed by atoms with Crippen LogP contribution < -0.4 is 11.1 Å². The smallest absolute Gasteiger partial charge is 0.270 e. The van der Waals surface area contributed by atoms with Crippen LogP contribution in [0.25, 0.3) is 0 Å². The molecule has 0 aliphatic heterocycles. The minimum atomic E-state index is -0.482. The molecule has 7 heteroatoms. The highest BCUT2D eigenvalue weighted by molar-refractivity contribution is 7.80. The minimum absolute atomic E-state index is 0.0343. The van der Waals surface area contributed by atoms with Gasteiger partial charge < -0.3 is 11.1 Å². The molecule has 1 heterocycles. The van der Waals surface area contributed by atoms with E-state index in [9.17, 15) is 9.18 Å². The van der Waals surface area contributed by atoms with Gasteiger partial charge in [0.25, 0.3) is 5.91 Å². The van der Waals surface area contributed by atoms with Crippen molar-refractivity contribution in [2.75, 3.05) is 0 Å². The van der Waals surface area contributed by atoms with Gasteiger partial charge in [0, 0.05) is 23.9 Å². The maximum Gasteiger partial charge on any atom is 0.270 e. The molecule has 0 aliphatic carbocycles. The number of carbonyl (C=O) groups excluding carboxylic acids is 1. The fourth-order valence-electron chi connectivity index (χ4n) is 1.62. The normalized spacial score (nSPS) is 10.2. The summed E-state index contributed by atoms with van der Waals surface area (Å²) in [6, 6.07) is 7.42. The number of hydrogen-bond donors (Lipinski definition) is 2. The number of pyridine rings is 1. The van der Waals surface area contributed by atoms with E-state index < -0.39 is 11.7 Å². The highest BCUT2D eigenvalue weighted by Gasteiger charge is 2.09. The zero-order valence-corrected chi connectivity index (χ0v) is 12.3.